The lowest BCUT2D eigenvalue weighted by atomic mass is 9.87. The van der Waals surface area contributed by atoms with Gasteiger partial charge in [-0.15, -0.1) is 10.2 Å². The molecule has 1 fully saturated rings. The molecule has 1 aromatic carbocycles. The predicted molar refractivity (Wildman–Crippen MR) is 84.5 cm³/mol. The molecule has 4 rings (SSSR count). The van der Waals surface area contributed by atoms with Crippen molar-refractivity contribution >= 4 is 5.97 Å². The fraction of sp³-hybridized carbons (Fsp3) is 0.278. The highest BCUT2D eigenvalue weighted by Gasteiger charge is 2.67. The molecule has 2 heterocycles. The van der Waals surface area contributed by atoms with Crippen molar-refractivity contribution in [3.8, 4) is 11.5 Å². The molecule has 2 atom stereocenters. The summed E-state index contributed by atoms with van der Waals surface area (Å²) in [4.78, 5) is 12.4. The number of nitrogens with zero attached hydrogens (tertiary/aromatic N) is 2. The molecule has 0 N–H and O–H groups in total. The van der Waals surface area contributed by atoms with Crippen molar-refractivity contribution in [2.75, 3.05) is 6.61 Å². The molecule has 1 aliphatic heterocycles. The van der Waals surface area contributed by atoms with Crippen molar-refractivity contribution in [2.24, 2.45) is 5.92 Å². The summed E-state index contributed by atoms with van der Waals surface area (Å²) in [7, 11) is 0. The van der Waals surface area contributed by atoms with Gasteiger partial charge in [0.05, 0.1) is 6.61 Å². The SMILES string of the molecule is CCCOC(=O)C1C=CC=C2OC21c1nnc(-c2ccccc2)o1. The average Bonchev–Trinajstić information content (AvgIpc) is 3.18. The van der Waals surface area contributed by atoms with E-state index in [-0.39, 0.29) is 11.9 Å². The largest absolute Gasteiger partial charge is 0.468 e. The summed E-state index contributed by atoms with van der Waals surface area (Å²) in [6.07, 6.45) is 6.10. The van der Waals surface area contributed by atoms with E-state index in [9.17, 15) is 4.79 Å². The fourth-order valence-corrected chi connectivity index (χ4v) is 2.80. The van der Waals surface area contributed by atoms with Gasteiger partial charge in [-0.05, 0) is 24.6 Å². The third kappa shape index (κ3) is 2.22. The number of fused-ring (bicyclic) bond motifs is 1. The minimum Gasteiger partial charge on any atom is -0.468 e. The Hall–Kier alpha value is -2.89. The Morgan fingerprint density at radius 3 is 2.92 bits per heavy atom. The lowest BCUT2D eigenvalue weighted by Gasteiger charge is -2.16. The van der Waals surface area contributed by atoms with Crippen LogP contribution in [0.2, 0.25) is 0 Å². The minimum absolute atomic E-state index is 0.274. The number of carbonyl (C=O) groups is 1. The van der Waals surface area contributed by atoms with Gasteiger partial charge in [0.15, 0.2) is 5.76 Å². The Balaban J connectivity index is 1.65. The van der Waals surface area contributed by atoms with Gasteiger partial charge in [-0.2, -0.15) is 0 Å². The van der Waals surface area contributed by atoms with Crippen LogP contribution in [0, 0.1) is 5.92 Å². The smallest absolute Gasteiger partial charge is 0.317 e. The second-order valence-electron chi connectivity index (χ2n) is 5.68. The van der Waals surface area contributed by atoms with Gasteiger partial charge < -0.3 is 13.9 Å². The molecule has 0 bridgehead atoms. The number of hydrogen-bond donors (Lipinski definition) is 0. The molecule has 0 radical (unpaired) electrons. The Kier molecular flexibility index (Phi) is 3.45. The highest BCUT2D eigenvalue weighted by molar-refractivity contribution is 5.79. The van der Waals surface area contributed by atoms with Crippen LogP contribution in [-0.4, -0.2) is 22.8 Å². The van der Waals surface area contributed by atoms with E-state index < -0.39 is 11.5 Å². The van der Waals surface area contributed by atoms with Gasteiger partial charge in [-0.3, -0.25) is 4.79 Å². The van der Waals surface area contributed by atoms with Crippen LogP contribution in [0.4, 0.5) is 0 Å². The second kappa shape index (κ2) is 5.63. The average molecular weight is 324 g/mol. The lowest BCUT2D eigenvalue weighted by molar-refractivity contribution is -0.149. The Bertz CT molecular complexity index is 825. The van der Waals surface area contributed by atoms with Crippen molar-refractivity contribution in [2.45, 2.75) is 18.9 Å². The zero-order valence-electron chi connectivity index (χ0n) is 13.1. The third-order valence-corrected chi connectivity index (χ3v) is 4.05. The van der Waals surface area contributed by atoms with Gasteiger partial charge in [0.2, 0.25) is 5.89 Å². The fourth-order valence-electron chi connectivity index (χ4n) is 2.80. The minimum atomic E-state index is -1.01. The molecule has 1 aromatic heterocycles. The van der Waals surface area contributed by atoms with Crippen molar-refractivity contribution in [3.63, 3.8) is 0 Å². The molecule has 6 nitrogen and oxygen atoms in total. The quantitative estimate of drug-likeness (QED) is 0.621. The number of ether oxygens (including phenoxy) is 2. The third-order valence-electron chi connectivity index (χ3n) is 4.05. The number of hydrogen-bond acceptors (Lipinski definition) is 6. The van der Waals surface area contributed by atoms with E-state index in [0.717, 1.165) is 12.0 Å². The summed E-state index contributed by atoms with van der Waals surface area (Å²) >= 11 is 0. The van der Waals surface area contributed by atoms with Gasteiger partial charge >= 0.3 is 5.97 Å². The van der Waals surface area contributed by atoms with E-state index in [4.69, 9.17) is 13.9 Å². The van der Waals surface area contributed by atoms with E-state index >= 15 is 0 Å². The molecule has 122 valence electrons. The van der Waals surface area contributed by atoms with Crippen molar-refractivity contribution in [1.29, 1.82) is 0 Å². The second-order valence-corrected chi connectivity index (χ2v) is 5.68. The Morgan fingerprint density at radius 2 is 2.12 bits per heavy atom. The maximum Gasteiger partial charge on any atom is 0.317 e. The summed E-state index contributed by atoms with van der Waals surface area (Å²) < 4.78 is 16.8. The molecular formula is C18H16N2O4. The first-order chi connectivity index (χ1) is 11.8. The summed E-state index contributed by atoms with van der Waals surface area (Å²) in [5.74, 6) is 0.343. The number of allylic oxidation sites excluding steroid dienone is 2. The van der Waals surface area contributed by atoms with Crippen molar-refractivity contribution < 1.29 is 18.7 Å². The van der Waals surface area contributed by atoms with E-state index in [1.807, 2.05) is 37.3 Å². The molecule has 0 spiro atoms. The molecule has 0 saturated carbocycles. The van der Waals surface area contributed by atoms with Gasteiger partial charge in [-0.1, -0.05) is 37.3 Å². The number of aromatic nitrogens is 2. The number of carbonyl (C=O) groups excluding carboxylic acids is 1. The van der Waals surface area contributed by atoms with Crippen LogP contribution in [0.3, 0.4) is 0 Å². The lowest BCUT2D eigenvalue weighted by Crippen LogP contribution is -2.31. The zero-order chi connectivity index (χ0) is 16.6. The molecule has 1 aliphatic carbocycles. The van der Waals surface area contributed by atoms with Gasteiger partial charge in [0, 0.05) is 5.56 Å². The molecule has 6 heteroatoms. The van der Waals surface area contributed by atoms with Crippen LogP contribution in [0.5, 0.6) is 0 Å². The van der Waals surface area contributed by atoms with E-state index in [0.29, 0.717) is 18.3 Å². The highest BCUT2D eigenvalue weighted by Crippen LogP contribution is 2.57. The molecule has 24 heavy (non-hydrogen) atoms. The molecule has 1 saturated heterocycles. The Labute approximate surface area is 138 Å². The van der Waals surface area contributed by atoms with Crippen molar-refractivity contribution in [3.05, 3.63) is 60.2 Å². The normalized spacial score (nSPS) is 23.9. The van der Waals surface area contributed by atoms with Crippen LogP contribution in [-0.2, 0) is 19.9 Å². The molecule has 2 aliphatic rings. The summed E-state index contributed by atoms with van der Waals surface area (Å²) in [6, 6.07) is 9.46. The van der Waals surface area contributed by atoms with Crippen LogP contribution in [0.1, 0.15) is 19.2 Å². The summed E-state index contributed by atoms with van der Waals surface area (Å²) in [5, 5.41) is 8.21. The first-order valence-electron chi connectivity index (χ1n) is 7.89. The van der Waals surface area contributed by atoms with Crippen LogP contribution in [0.15, 0.2) is 58.7 Å². The number of rotatable bonds is 5. The first kappa shape index (κ1) is 14.7. The van der Waals surface area contributed by atoms with Gasteiger partial charge in [0.1, 0.15) is 5.92 Å². The maximum absolute atomic E-state index is 12.4. The number of epoxide rings is 1. The molecular weight excluding hydrogens is 308 g/mol. The number of benzene rings is 1. The number of esters is 1. The van der Waals surface area contributed by atoms with E-state index in [1.54, 1.807) is 18.2 Å². The predicted octanol–water partition coefficient (Wildman–Crippen LogP) is 2.99. The first-order valence-corrected chi connectivity index (χ1v) is 7.89. The Morgan fingerprint density at radius 1 is 1.29 bits per heavy atom. The van der Waals surface area contributed by atoms with Crippen LogP contribution in [0.25, 0.3) is 11.5 Å². The van der Waals surface area contributed by atoms with Crippen molar-refractivity contribution in [1.82, 2.24) is 10.2 Å². The van der Waals surface area contributed by atoms with E-state index in [2.05, 4.69) is 10.2 Å². The van der Waals surface area contributed by atoms with Gasteiger partial charge in [-0.25, -0.2) is 0 Å². The molecule has 0 amide bonds. The maximum atomic E-state index is 12.4. The van der Waals surface area contributed by atoms with Crippen LogP contribution >= 0.6 is 0 Å². The topological polar surface area (TPSA) is 77.8 Å². The van der Waals surface area contributed by atoms with Crippen LogP contribution < -0.4 is 0 Å². The summed E-state index contributed by atoms with van der Waals surface area (Å²) in [5.41, 5.74) is -0.199. The highest BCUT2D eigenvalue weighted by atomic mass is 16.6. The summed E-state index contributed by atoms with van der Waals surface area (Å²) in [6.45, 7) is 2.32. The monoisotopic (exact) mass is 324 g/mol. The molecule has 2 aromatic rings. The van der Waals surface area contributed by atoms with E-state index in [1.165, 1.54) is 0 Å². The zero-order valence-corrected chi connectivity index (χ0v) is 13.1. The standard InChI is InChI=1S/C18H16N2O4/c1-2-11-22-16(21)13-9-6-10-14-18(13,24-14)17-20-19-15(23-17)12-7-4-3-5-8-12/h3-10,13H,2,11H2,1H3. The van der Waals surface area contributed by atoms with Gasteiger partial charge in [0.25, 0.3) is 11.5 Å². The molecule has 2 unspecified atom stereocenters.